The summed E-state index contributed by atoms with van der Waals surface area (Å²) in [6.45, 7) is 12.1. The number of allylic oxidation sites excluding steroid dienone is 1. The van der Waals surface area contributed by atoms with Crippen LogP contribution in [0.3, 0.4) is 0 Å². The molecule has 2 aliphatic heterocycles. The Labute approximate surface area is 189 Å². The number of piperidine rings is 1. The SMILES string of the molecule is C=CCC[C@H]1N(C(=O)c2c(F)cccc2F)c2ccc(C(C)(C)C)cc2C12CCNCC2. The number of nitrogens with one attached hydrogen (secondary N) is 1. The fourth-order valence-corrected chi connectivity index (χ4v) is 5.44. The maximum Gasteiger partial charge on any atom is 0.264 e. The van der Waals surface area contributed by atoms with Gasteiger partial charge >= 0.3 is 0 Å². The van der Waals surface area contributed by atoms with Crippen molar-refractivity contribution in [3.05, 3.63) is 77.4 Å². The zero-order valence-corrected chi connectivity index (χ0v) is 19.2. The summed E-state index contributed by atoms with van der Waals surface area (Å²) in [5.41, 5.74) is 2.33. The van der Waals surface area contributed by atoms with Crippen LogP contribution in [-0.4, -0.2) is 25.0 Å². The summed E-state index contributed by atoms with van der Waals surface area (Å²) >= 11 is 0. The first-order valence-electron chi connectivity index (χ1n) is 11.4. The van der Waals surface area contributed by atoms with E-state index in [1.54, 1.807) is 4.90 Å². The second-order valence-electron chi connectivity index (χ2n) is 10.0. The molecule has 0 unspecified atom stereocenters. The van der Waals surface area contributed by atoms with Crippen LogP contribution in [0.2, 0.25) is 0 Å². The number of anilines is 1. The van der Waals surface area contributed by atoms with E-state index in [-0.39, 0.29) is 16.9 Å². The van der Waals surface area contributed by atoms with Gasteiger partial charge in [0.05, 0.1) is 0 Å². The lowest BCUT2D eigenvalue weighted by molar-refractivity contribution is 0.0953. The number of halogens is 2. The molecule has 1 spiro atoms. The van der Waals surface area contributed by atoms with Gasteiger partial charge in [-0.3, -0.25) is 4.79 Å². The molecule has 5 heteroatoms. The minimum atomic E-state index is -0.823. The summed E-state index contributed by atoms with van der Waals surface area (Å²) in [4.78, 5) is 15.4. The monoisotopic (exact) mass is 438 g/mol. The molecule has 3 nitrogen and oxygen atoms in total. The molecule has 1 saturated heterocycles. The molecule has 170 valence electrons. The van der Waals surface area contributed by atoms with Crippen LogP contribution in [0.5, 0.6) is 0 Å². The Morgan fingerprint density at radius 3 is 2.44 bits per heavy atom. The Balaban J connectivity index is 1.92. The van der Waals surface area contributed by atoms with Crippen molar-refractivity contribution in [1.29, 1.82) is 0 Å². The van der Waals surface area contributed by atoms with Crippen molar-refractivity contribution in [2.24, 2.45) is 0 Å². The number of carbonyl (C=O) groups excluding carboxylic acids is 1. The van der Waals surface area contributed by atoms with E-state index in [9.17, 15) is 13.6 Å². The topological polar surface area (TPSA) is 32.3 Å². The minimum absolute atomic E-state index is 0.0468. The van der Waals surface area contributed by atoms with E-state index in [2.05, 4.69) is 38.7 Å². The molecule has 2 aromatic carbocycles. The second-order valence-corrected chi connectivity index (χ2v) is 10.0. The molecule has 2 aromatic rings. The van der Waals surface area contributed by atoms with Gasteiger partial charge in [-0.05, 0) is 73.5 Å². The lowest BCUT2D eigenvalue weighted by Gasteiger charge is -2.42. The molecule has 1 N–H and O–H groups in total. The number of fused-ring (bicyclic) bond motifs is 2. The minimum Gasteiger partial charge on any atom is -0.317 e. The summed E-state index contributed by atoms with van der Waals surface area (Å²) in [5, 5.41) is 3.44. The molecule has 2 heterocycles. The number of benzene rings is 2. The Hall–Kier alpha value is -2.53. The molecule has 1 atom stereocenters. The predicted octanol–water partition coefficient (Wildman–Crippen LogP) is 5.88. The van der Waals surface area contributed by atoms with Crippen LogP contribution in [0.1, 0.15) is 67.9 Å². The number of nitrogens with zero attached hydrogens (tertiary/aromatic N) is 1. The van der Waals surface area contributed by atoms with E-state index in [1.807, 2.05) is 18.2 Å². The van der Waals surface area contributed by atoms with Crippen molar-refractivity contribution in [2.75, 3.05) is 18.0 Å². The fourth-order valence-electron chi connectivity index (χ4n) is 5.44. The molecule has 2 aliphatic rings. The van der Waals surface area contributed by atoms with Crippen LogP contribution in [-0.2, 0) is 10.8 Å². The predicted molar refractivity (Wildman–Crippen MR) is 125 cm³/mol. The van der Waals surface area contributed by atoms with Crippen LogP contribution >= 0.6 is 0 Å². The largest absolute Gasteiger partial charge is 0.317 e. The van der Waals surface area contributed by atoms with Crippen molar-refractivity contribution in [2.45, 2.75) is 63.3 Å². The third-order valence-electron chi connectivity index (χ3n) is 7.14. The van der Waals surface area contributed by atoms with E-state index >= 15 is 0 Å². The zero-order chi connectivity index (χ0) is 23.1. The first kappa shape index (κ1) is 22.7. The number of rotatable bonds is 4. The lowest BCUT2D eigenvalue weighted by Crippen LogP contribution is -2.52. The molecule has 0 bridgehead atoms. The van der Waals surface area contributed by atoms with Gasteiger partial charge in [-0.25, -0.2) is 8.78 Å². The average molecular weight is 439 g/mol. The third-order valence-corrected chi connectivity index (χ3v) is 7.14. The molecule has 0 saturated carbocycles. The van der Waals surface area contributed by atoms with Gasteiger partial charge in [-0.15, -0.1) is 6.58 Å². The molecule has 32 heavy (non-hydrogen) atoms. The van der Waals surface area contributed by atoms with Crippen LogP contribution in [0.15, 0.2) is 49.1 Å². The first-order valence-corrected chi connectivity index (χ1v) is 11.4. The standard InChI is InChI=1S/C27H32F2N2O/c1-5-6-10-23-27(13-15-30-16-14-27)19-17-18(26(2,3)4)11-12-22(19)31(23)25(32)24-20(28)8-7-9-21(24)29/h5,7-9,11-12,17,23,30H,1,6,10,13-16H2,2-4H3/t23-/m1/s1. The summed E-state index contributed by atoms with van der Waals surface area (Å²) in [6, 6.07) is 9.65. The normalized spacial score (nSPS) is 19.8. The summed E-state index contributed by atoms with van der Waals surface area (Å²) in [5.74, 6) is -2.25. The van der Waals surface area contributed by atoms with Crippen LogP contribution in [0.25, 0.3) is 0 Å². The number of hydrogen-bond donors (Lipinski definition) is 1. The van der Waals surface area contributed by atoms with Gasteiger partial charge in [0.15, 0.2) is 0 Å². The Kier molecular flexibility index (Phi) is 5.97. The van der Waals surface area contributed by atoms with Crippen molar-refractivity contribution in [3.63, 3.8) is 0 Å². The van der Waals surface area contributed by atoms with Gasteiger partial charge in [-0.1, -0.05) is 45.0 Å². The van der Waals surface area contributed by atoms with E-state index in [1.165, 1.54) is 11.6 Å². The zero-order valence-electron chi connectivity index (χ0n) is 19.2. The Bertz CT molecular complexity index is 1010. The smallest absolute Gasteiger partial charge is 0.264 e. The molecule has 1 amide bonds. The molecule has 4 rings (SSSR count). The van der Waals surface area contributed by atoms with Gasteiger partial charge in [0.1, 0.15) is 17.2 Å². The van der Waals surface area contributed by atoms with Crippen LogP contribution < -0.4 is 10.2 Å². The van der Waals surface area contributed by atoms with Crippen molar-refractivity contribution in [3.8, 4) is 0 Å². The highest BCUT2D eigenvalue weighted by Crippen LogP contribution is 2.53. The number of amides is 1. The van der Waals surface area contributed by atoms with E-state index < -0.39 is 23.1 Å². The van der Waals surface area contributed by atoms with Gasteiger partial charge in [0.2, 0.25) is 0 Å². The van der Waals surface area contributed by atoms with Crippen molar-refractivity contribution in [1.82, 2.24) is 5.32 Å². The molecular weight excluding hydrogens is 406 g/mol. The fraction of sp³-hybridized carbons (Fsp3) is 0.444. The molecule has 0 aliphatic carbocycles. The van der Waals surface area contributed by atoms with Crippen molar-refractivity contribution >= 4 is 11.6 Å². The highest BCUT2D eigenvalue weighted by Gasteiger charge is 2.53. The second kappa shape index (κ2) is 8.43. The molecule has 0 aromatic heterocycles. The number of carbonyl (C=O) groups is 1. The summed E-state index contributed by atoms with van der Waals surface area (Å²) in [7, 11) is 0. The number of hydrogen-bond acceptors (Lipinski definition) is 2. The molecule has 1 fully saturated rings. The van der Waals surface area contributed by atoms with Crippen LogP contribution in [0, 0.1) is 11.6 Å². The van der Waals surface area contributed by atoms with Crippen LogP contribution in [0.4, 0.5) is 14.5 Å². The van der Waals surface area contributed by atoms with Gasteiger partial charge in [0.25, 0.3) is 5.91 Å². The Morgan fingerprint density at radius 1 is 1.19 bits per heavy atom. The molecule has 0 radical (unpaired) electrons. The quantitative estimate of drug-likeness (QED) is 0.605. The van der Waals surface area contributed by atoms with Gasteiger partial charge < -0.3 is 10.2 Å². The van der Waals surface area contributed by atoms with Gasteiger partial charge in [0, 0.05) is 17.1 Å². The summed E-state index contributed by atoms with van der Waals surface area (Å²) < 4.78 is 29.3. The maximum absolute atomic E-state index is 14.6. The van der Waals surface area contributed by atoms with E-state index in [4.69, 9.17) is 0 Å². The lowest BCUT2D eigenvalue weighted by atomic mass is 9.68. The van der Waals surface area contributed by atoms with Gasteiger partial charge in [-0.2, -0.15) is 0 Å². The third kappa shape index (κ3) is 3.66. The Morgan fingerprint density at radius 2 is 1.84 bits per heavy atom. The average Bonchev–Trinajstić information content (AvgIpc) is 3.00. The first-order chi connectivity index (χ1) is 15.2. The van der Waals surface area contributed by atoms with Crippen molar-refractivity contribution < 1.29 is 13.6 Å². The molecular formula is C27H32F2N2O. The van der Waals surface area contributed by atoms with E-state index in [0.29, 0.717) is 6.42 Å². The maximum atomic E-state index is 14.6. The highest BCUT2D eigenvalue weighted by atomic mass is 19.1. The van der Waals surface area contributed by atoms with E-state index in [0.717, 1.165) is 55.7 Å². The highest BCUT2D eigenvalue weighted by molar-refractivity contribution is 6.08. The summed E-state index contributed by atoms with van der Waals surface area (Å²) in [6.07, 6.45) is 5.02.